The molecular formula is C20H33N3O3S. The van der Waals surface area contributed by atoms with Gasteiger partial charge in [-0.15, -0.1) is 0 Å². The topological polar surface area (TPSA) is 78.5 Å². The number of piperidine rings is 1. The van der Waals surface area contributed by atoms with E-state index in [4.69, 9.17) is 0 Å². The fourth-order valence-electron chi connectivity index (χ4n) is 3.19. The van der Waals surface area contributed by atoms with Gasteiger partial charge in [0.2, 0.25) is 10.0 Å². The van der Waals surface area contributed by atoms with Crippen LogP contribution in [-0.4, -0.2) is 50.4 Å². The Kier molecular flexibility index (Phi) is 7.05. The van der Waals surface area contributed by atoms with Crippen molar-refractivity contribution in [3.05, 3.63) is 29.8 Å². The Labute approximate surface area is 163 Å². The molecule has 6 nitrogen and oxygen atoms in total. The van der Waals surface area contributed by atoms with Gasteiger partial charge in [-0.3, -0.25) is 9.69 Å². The molecule has 0 aliphatic carbocycles. The van der Waals surface area contributed by atoms with Gasteiger partial charge in [-0.2, -0.15) is 0 Å². The lowest BCUT2D eigenvalue weighted by Crippen LogP contribution is -2.45. The largest absolute Gasteiger partial charge is 0.350 e. The molecule has 7 heteroatoms. The van der Waals surface area contributed by atoms with E-state index in [9.17, 15) is 13.2 Å². The molecule has 1 amide bonds. The van der Waals surface area contributed by atoms with E-state index in [1.165, 1.54) is 25.0 Å². The number of likely N-dealkylation sites (tertiary alicyclic amines) is 1. The number of sulfonamides is 1. The molecule has 1 atom stereocenters. The van der Waals surface area contributed by atoms with Crippen molar-refractivity contribution in [3.63, 3.8) is 0 Å². The molecule has 1 aliphatic rings. The molecular weight excluding hydrogens is 362 g/mol. The van der Waals surface area contributed by atoms with E-state index in [0.717, 1.165) is 19.0 Å². The number of benzene rings is 1. The van der Waals surface area contributed by atoms with Crippen LogP contribution in [0.4, 0.5) is 0 Å². The molecule has 1 unspecified atom stereocenters. The van der Waals surface area contributed by atoms with Gasteiger partial charge >= 0.3 is 0 Å². The van der Waals surface area contributed by atoms with E-state index in [2.05, 4.69) is 28.8 Å². The highest BCUT2D eigenvalue weighted by Crippen LogP contribution is 2.18. The maximum absolute atomic E-state index is 12.4. The second-order valence-corrected chi connectivity index (χ2v) is 10.3. The van der Waals surface area contributed by atoms with Crippen LogP contribution in [-0.2, 0) is 10.0 Å². The van der Waals surface area contributed by atoms with Crippen LogP contribution in [0.25, 0.3) is 0 Å². The number of hydrogen-bond acceptors (Lipinski definition) is 4. The van der Waals surface area contributed by atoms with Crippen molar-refractivity contribution in [2.75, 3.05) is 19.6 Å². The van der Waals surface area contributed by atoms with Crippen molar-refractivity contribution in [3.8, 4) is 0 Å². The summed E-state index contributed by atoms with van der Waals surface area (Å²) in [4.78, 5) is 14.9. The van der Waals surface area contributed by atoms with E-state index in [1.54, 1.807) is 32.9 Å². The smallest absolute Gasteiger partial charge is 0.251 e. The Morgan fingerprint density at radius 1 is 1.19 bits per heavy atom. The minimum absolute atomic E-state index is 0.157. The Balaban J connectivity index is 1.92. The summed E-state index contributed by atoms with van der Waals surface area (Å²) in [5, 5.41) is 2.96. The minimum atomic E-state index is -3.59. The Morgan fingerprint density at radius 3 is 2.26 bits per heavy atom. The molecule has 1 aromatic carbocycles. The van der Waals surface area contributed by atoms with Crippen LogP contribution in [0.5, 0.6) is 0 Å². The second-order valence-electron chi connectivity index (χ2n) is 8.66. The van der Waals surface area contributed by atoms with E-state index in [-0.39, 0.29) is 16.8 Å². The Morgan fingerprint density at radius 2 is 1.74 bits per heavy atom. The first kappa shape index (κ1) is 21.9. The predicted octanol–water partition coefficient (Wildman–Crippen LogP) is 2.61. The lowest BCUT2D eigenvalue weighted by Gasteiger charge is -2.35. The van der Waals surface area contributed by atoms with Gasteiger partial charge < -0.3 is 5.32 Å². The average Bonchev–Trinajstić information content (AvgIpc) is 2.58. The number of nitrogens with one attached hydrogen (secondary N) is 2. The molecule has 0 aromatic heterocycles. The van der Waals surface area contributed by atoms with Crippen molar-refractivity contribution in [2.45, 2.75) is 63.9 Å². The standard InChI is InChI=1S/C20H33N3O3S/c1-15-10-12-23(13-11-15)16(2)14-21-19(24)17-6-8-18(9-7-17)27(25,26)22-20(3,4)5/h6-9,15-16,22H,10-14H2,1-5H3,(H,21,24). The fraction of sp³-hybridized carbons (Fsp3) is 0.650. The van der Waals surface area contributed by atoms with Crippen LogP contribution in [0.1, 0.15) is 57.8 Å². The van der Waals surface area contributed by atoms with Crippen LogP contribution in [0, 0.1) is 5.92 Å². The van der Waals surface area contributed by atoms with Crippen molar-refractivity contribution in [1.82, 2.24) is 14.9 Å². The normalized spacial score (nSPS) is 18.3. The number of carbonyl (C=O) groups is 1. The lowest BCUT2D eigenvalue weighted by molar-refractivity contribution is 0.0921. The SMILES string of the molecule is CC1CCN(C(C)CNC(=O)c2ccc(S(=O)(=O)NC(C)(C)C)cc2)CC1. The number of nitrogens with zero attached hydrogens (tertiary/aromatic N) is 1. The second kappa shape index (κ2) is 8.71. The van der Waals surface area contributed by atoms with E-state index >= 15 is 0 Å². The fourth-order valence-corrected chi connectivity index (χ4v) is 4.61. The molecule has 0 saturated carbocycles. The molecule has 2 rings (SSSR count). The van der Waals surface area contributed by atoms with Crippen LogP contribution < -0.4 is 10.0 Å². The first-order valence-corrected chi connectivity index (χ1v) is 11.1. The van der Waals surface area contributed by atoms with Crippen LogP contribution in [0.15, 0.2) is 29.2 Å². The number of carbonyl (C=O) groups excluding carboxylic acids is 1. The molecule has 27 heavy (non-hydrogen) atoms. The zero-order valence-corrected chi connectivity index (χ0v) is 17.9. The molecule has 2 N–H and O–H groups in total. The first-order valence-electron chi connectivity index (χ1n) is 9.64. The van der Waals surface area contributed by atoms with Crippen molar-refractivity contribution >= 4 is 15.9 Å². The van der Waals surface area contributed by atoms with Crippen molar-refractivity contribution < 1.29 is 13.2 Å². The summed E-state index contributed by atoms with van der Waals surface area (Å²) in [6, 6.07) is 6.34. The zero-order chi connectivity index (χ0) is 20.2. The number of rotatable bonds is 6. The van der Waals surface area contributed by atoms with Gasteiger partial charge in [-0.1, -0.05) is 6.92 Å². The lowest BCUT2D eigenvalue weighted by atomic mass is 9.98. The molecule has 152 valence electrons. The molecule has 1 aromatic rings. The predicted molar refractivity (Wildman–Crippen MR) is 108 cm³/mol. The maximum Gasteiger partial charge on any atom is 0.251 e. The molecule has 1 fully saturated rings. The van der Waals surface area contributed by atoms with Gasteiger partial charge in [0.1, 0.15) is 0 Å². The van der Waals surface area contributed by atoms with E-state index < -0.39 is 15.6 Å². The van der Waals surface area contributed by atoms with Gasteiger partial charge in [0, 0.05) is 23.7 Å². The summed E-state index contributed by atoms with van der Waals surface area (Å²) >= 11 is 0. The highest BCUT2D eigenvalue weighted by molar-refractivity contribution is 7.89. The van der Waals surface area contributed by atoms with Crippen LogP contribution in [0.2, 0.25) is 0 Å². The molecule has 1 saturated heterocycles. The molecule has 0 radical (unpaired) electrons. The summed E-state index contributed by atoms with van der Waals surface area (Å²) in [6.07, 6.45) is 2.41. The van der Waals surface area contributed by atoms with Gasteiger partial charge in [0.25, 0.3) is 5.91 Å². The van der Waals surface area contributed by atoms with Crippen LogP contribution >= 0.6 is 0 Å². The average molecular weight is 396 g/mol. The third-order valence-corrected chi connectivity index (χ3v) is 6.64. The summed E-state index contributed by atoms with van der Waals surface area (Å²) < 4.78 is 27.3. The summed E-state index contributed by atoms with van der Waals surface area (Å²) in [5.41, 5.74) is -0.0961. The van der Waals surface area contributed by atoms with Crippen molar-refractivity contribution in [1.29, 1.82) is 0 Å². The number of hydrogen-bond donors (Lipinski definition) is 2. The van der Waals surface area contributed by atoms with E-state index in [0.29, 0.717) is 12.1 Å². The minimum Gasteiger partial charge on any atom is -0.350 e. The van der Waals surface area contributed by atoms with Gasteiger partial charge in [-0.25, -0.2) is 13.1 Å². The molecule has 0 spiro atoms. The monoisotopic (exact) mass is 395 g/mol. The maximum atomic E-state index is 12.4. The third kappa shape index (κ3) is 6.59. The highest BCUT2D eigenvalue weighted by atomic mass is 32.2. The van der Waals surface area contributed by atoms with Gasteiger partial charge in [-0.05, 0) is 83.8 Å². The summed E-state index contributed by atoms with van der Waals surface area (Å²) in [6.45, 7) is 12.5. The van der Waals surface area contributed by atoms with Gasteiger partial charge in [0.15, 0.2) is 0 Å². The number of amides is 1. The third-order valence-electron chi connectivity index (χ3n) is 4.87. The summed E-state index contributed by atoms with van der Waals surface area (Å²) in [7, 11) is -3.59. The molecule has 1 aliphatic heterocycles. The molecule has 0 bridgehead atoms. The van der Waals surface area contributed by atoms with Gasteiger partial charge in [0.05, 0.1) is 4.90 Å². The van der Waals surface area contributed by atoms with Crippen molar-refractivity contribution in [2.24, 2.45) is 5.92 Å². The quantitative estimate of drug-likeness (QED) is 0.776. The van der Waals surface area contributed by atoms with E-state index in [1.807, 2.05) is 0 Å². The Hall–Kier alpha value is -1.44. The molecule has 1 heterocycles. The highest BCUT2D eigenvalue weighted by Gasteiger charge is 2.23. The van der Waals surface area contributed by atoms with Crippen LogP contribution in [0.3, 0.4) is 0 Å². The zero-order valence-electron chi connectivity index (χ0n) is 17.1. The first-order chi connectivity index (χ1) is 12.5. The summed E-state index contributed by atoms with van der Waals surface area (Å²) in [5.74, 6) is 0.602. The Bertz CT molecular complexity index is 731.